The van der Waals surface area contributed by atoms with E-state index in [4.69, 9.17) is 11.6 Å². The van der Waals surface area contributed by atoms with Gasteiger partial charge in [-0.1, -0.05) is 13.0 Å². The highest BCUT2D eigenvalue weighted by molar-refractivity contribution is 8.00. The fraction of sp³-hybridized carbons (Fsp3) is 0.600. The van der Waals surface area contributed by atoms with E-state index in [1.165, 1.54) is 0 Å². The van der Waals surface area contributed by atoms with Crippen molar-refractivity contribution in [3.8, 4) is 0 Å². The number of benzene rings is 1. The quantitative estimate of drug-likeness (QED) is 0.784. The van der Waals surface area contributed by atoms with E-state index >= 15 is 0 Å². The van der Waals surface area contributed by atoms with Gasteiger partial charge in [-0.25, -0.2) is 8.42 Å². The van der Waals surface area contributed by atoms with Gasteiger partial charge in [0.1, 0.15) is 0 Å². The first-order valence-electron chi connectivity index (χ1n) is 7.08. The van der Waals surface area contributed by atoms with Gasteiger partial charge in [0, 0.05) is 29.5 Å². The van der Waals surface area contributed by atoms with Gasteiger partial charge in [-0.2, -0.15) is 16.1 Å². The van der Waals surface area contributed by atoms with Crippen molar-refractivity contribution < 1.29 is 8.42 Å². The summed E-state index contributed by atoms with van der Waals surface area (Å²) in [5, 5.41) is 0.312. The molecule has 0 radical (unpaired) electrons. The zero-order chi connectivity index (χ0) is 15.8. The third-order valence-corrected chi connectivity index (χ3v) is 7.94. The van der Waals surface area contributed by atoms with Crippen molar-refractivity contribution in [2.75, 3.05) is 12.3 Å². The highest BCUT2D eigenvalue weighted by Gasteiger charge is 2.35. The Morgan fingerprint density at radius 1 is 1.29 bits per heavy atom. The lowest BCUT2D eigenvalue weighted by Gasteiger charge is -2.36. The molecule has 0 aromatic heterocycles. The van der Waals surface area contributed by atoms with Gasteiger partial charge in [-0.05, 0) is 43.5 Å². The van der Waals surface area contributed by atoms with Gasteiger partial charge in [0.2, 0.25) is 10.0 Å². The number of aryl methyl sites for hydroxylation is 2. The highest BCUT2D eigenvalue weighted by Crippen LogP contribution is 2.31. The topological polar surface area (TPSA) is 37.4 Å². The number of hydrogen-bond acceptors (Lipinski definition) is 3. The van der Waals surface area contributed by atoms with Crippen molar-refractivity contribution in [3.63, 3.8) is 0 Å². The van der Waals surface area contributed by atoms with Crippen molar-refractivity contribution in [1.82, 2.24) is 4.31 Å². The Bertz CT molecular complexity index is 631. The van der Waals surface area contributed by atoms with E-state index < -0.39 is 10.0 Å². The van der Waals surface area contributed by atoms with Crippen LogP contribution in [0.15, 0.2) is 17.0 Å². The molecule has 2 unspecified atom stereocenters. The molecule has 0 amide bonds. The third-order valence-electron chi connectivity index (χ3n) is 4.19. The Hall–Kier alpha value is -0.230. The zero-order valence-corrected chi connectivity index (χ0v) is 15.3. The molecule has 0 saturated carbocycles. The average Bonchev–Trinajstić information content (AvgIpc) is 2.41. The van der Waals surface area contributed by atoms with Crippen LogP contribution < -0.4 is 0 Å². The molecule has 1 saturated heterocycles. The molecule has 1 aliphatic rings. The van der Waals surface area contributed by atoms with Crippen LogP contribution in [-0.2, 0) is 15.9 Å². The number of nitrogens with zero attached hydrogens (tertiary/aromatic N) is 1. The lowest BCUT2D eigenvalue weighted by atomic mass is 10.1. The molecular formula is C15H22ClNO2S2. The van der Waals surface area contributed by atoms with Crippen molar-refractivity contribution in [3.05, 3.63) is 28.8 Å². The molecule has 1 aliphatic heterocycles. The fourth-order valence-electron chi connectivity index (χ4n) is 2.67. The van der Waals surface area contributed by atoms with E-state index in [2.05, 4.69) is 6.92 Å². The van der Waals surface area contributed by atoms with E-state index in [9.17, 15) is 8.42 Å². The monoisotopic (exact) mass is 347 g/mol. The minimum atomic E-state index is -3.46. The average molecular weight is 348 g/mol. The van der Waals surface area contributed by atoms with Crippen LogP contribution in [0.25, 0.3) is 0 Å². The summed E-state index contributed by atoms with van der Waals surface area (Å²) in [6.45, 7) is 8.46. The molecule has 6 heteroatoms. The summed E-state index contributed by atoms with van der Waals surface area (Å²) < 4.78 is 27.7. The fourth-order valence-corrected chi connectivity index (χ4v) is 6.21. The van der Waals surface area contributed by atoms with Gasteiger partial charge in [0.15, 0.2) is 0 Å². The lowest BCUT2D eigenvalue weighted by Crippen LogP contribution is -2.47. The maximum Gasteiger partial charge on any atom is 0.243 e. The first kappa shape index (κ1) is 17.1. The first-order chi connectivity index (χ1) is 9.78. The van der Waals surface area contributed by atoms with Crippen LogP contribution in [0.2, 0.25) is 0 Å². The Balaban J connectivity index is 2.49. The smallest absolute Gasteiger partial charge is 0.207 e. The van der Waals surface area contributed by atoms with Crippen molar-refractivity contribution in [1.29, 1.82) is 0 Å². The maximum absolute atomic E-state index is 13.0. The van der Waals surface area contributed by atoms with Crippen molar-refractivity contribution in [2.45, 2.75) is 49.8 Å². The van der Waals surface area contributed by atoms with Crippen LogP contribution in [-0.4, -0.2) is 36.3 Å². The summed E-state index contributed by atoms with van der Waals surface area (Å²) in [5.41, 5.74) is 2.71. The molecule has 1 aromatic rings. The van der Waals surface area contributed by atoms with Gasteiger partial charge < -0.3 is 0 Å². The van der Waals surface area contributed by atoms with Gasteiger partial charge in [0.05, 0.1) is 4.90 Å². The molecule has 3 nitrogen and oxygen atoms in total. The Morgan fingerprint density at radius 3 is 2.57 bits per heavy atom. The largest absolute Gasteiger partial charge is 0.243 e. The molecule has 2 rings (SSSR count). The second kappa shape index (κ2) is 6.49. The van der Waals surface area contributed by atoms with Crippen LogP contribution in [0.1, 0.15) is 30.5 Å². The van der Waals surface area contributed by atoms with Gasteiger partial charge >= 0.3 is 0 Å². The van der Waals surface area contributed by atoms with Crippen LogP contribution >= 0.6 is 23.4 Å². The molecule has 118 valence electrons. The van der Waals surface area contributed by atoms with Crippen LogP contribution in [0.3, 0.4) is 0 Å². The predicted molar refractivity (Wildman–Crippen MR) is 90.7 cm³/mol. The Kier molecular flexibility index (Phi) is 5.29. The highest BCUT2D eigenvalue weighted by atomic mass is 35.5. The first-order valence-corrected chi connectivity index (χ1v) is 10.1. The summed E-state index contributed by atoms with van der Waals surface area (Å²) >= 11 is 7.76. The zero-order valence-electron chi connectivity index (χ0n) is 12.9. The summed E-state index contributed by atoms with van der Waals surface area (Å²) in [6, 6.07) is 3.66. The minimum Gasteiger partial charge on any atom is -0.207 e. The second-order valence-corrected chi connectivity index (χ2v) is 9.22. The van der Waals surface area contributed by atoms with Crippen LogP contribution in [0, 0.1) is 13.8 Å². The second-order valence-electron chi connectivity index (χ2n) is 5.61. The van der Waals surface area contributed by atoms with Gasteiger partial charge in [-0.3, -0.25) is 0 Å². The number of halogens is 1. The molecule has 21 heavy (non-hydrogen) atoms. The van der Waals surface area contributed by atoms with Crippen LogP contribution in [0.4, 0.5) is 0 Å². The molecule has 1 fully saturated rings. The molecule has 1 aromatic carbocycles. The van der Waals surface area contributed by atoms with Crippen molar-refractivity contribution in [2.24, 2.45) is 0 Å². The normalized spacial score (nSPS) is 24.2. The Labute approximate surface area is 137 Å². The summed E-state index contributed by atoms with van der Waals surface area (Å²) in [6.07, 6.45) is 0. The van der Waals surface area contributed by atoms with Gasteiger partial charge in [-0.15, -0.1) is 11.6 Å². The third kappa shape index (κ3) is 3.26. The Morgan fingerprint density at radius 2 is 1.95 bits per heavy atom. The molecule has 2 atom stereocenters. The molecule has 0 bridgehead atoms. The molecular weight excluding hydrogens is 326 g/mol. The summed E-state index contributed by atoms with van der Waals surface area (Å²) in [5.74, 6) is 1.18. The lowest BCUT2D eigenvalue weighted by molar-refractivity contribution is 0.340. The van der Waals surface area contributed by atoms with E-state index in [0.29, 0.717) is 22.6 Å². The molecule has 0 N–H and O–H groups in total. The number of alkyl halides is 1. The maximum atomic E-state index is 13.0. The molecule has 0 aliphatic carbocycles. The molecule has 1 heterocycles. The van der Waals surface area contributed by atoms with E-state index in [0.717, 1.165) is 22.4 Å². The van der Waals surface area contributed by atoms with E-state index in [1.807, 2.05) is 38.6 Å². The summed E-state index contributed by atoms with van der Waals surface area (Å²) in [4.78, 5) is 0.398. The van der Waals surface area contributed by atoms with E-state index in [-0.39, 0.29) is 6.04 Å². The number of thioether (sulfide) groups is 1. The minimum absolute atomic E-state index is 0.00824. The van der Waals surface area contributed by atoms with E-state index in [1.54, 1.807) is 10.4 Å². The molecule has 0 spiro atoms. The van der Waals surface area contributed by atoms with Crippen LogP contribution in [0.5, 0.6) is 0 Å². The predicted octanol–water partition coefficient (Wildman–Crippen LogP) is 3.56. The number of sulfonamides is 1. The van der Waals surface area contributed by atoms with Crippen molar-refractivity contribution >= 4 is 33.4 Å². The van der Waals surface area contributed by atoms with Gasteiger partial charge in [0.25, 0.3) is 0 Å². The summed E-state index contributed by atoms with van der Waals surface area (Å²) in [7, 11) is -3.46. The number of hydrogen-bond donors (Lipinski definition) is 0. The SMILES string of the molecule is Cc1cc(C)c(S(=O)(=O)N2CCSC(C)C2C)cc1CCl. The standard InChI is InChI=1S/C15H22ClNO2S2/c1-10-7-11(2)15(8-14(10)9-16)21(18,19)17-5-6-20-13(4)12(17)3/h7-8,12-13H,5-6,9H2,1-4H3. The number of rotatable bonds is 3.